The van der Waals surface area contributed by atoms with Crippen molar-refractivity contribution in [2.45, 2.75) is 27.7 Å². The molecule has 3 aromatic carbocycles. The number of aryl methyl sites for hydroxylation is 1. The maximum atomic E-state index is 8.77. The lowest BCUT2D eigenvalue weighted by Crippen LogP contribution is -1.96. The first-order valence-corrected chi connectivity index (χ1v) is 12.2. The lowest BCUT2D eigenvalue weighted by Gasteiger charge is -2.09. The van der Waals surface area contributed by atoms with E-state index in [0.717, 1.165) is 33.8 Å². The summed E-state index contributed by atoms with van der Waals surface area (Å²) in [5.41, 5.74) is 9.06. The van der Waals surface area contributed by atoms with Gasteiger partial charge in [0.2, 0.25) is 0 Å². The number of benzene rings is 3. The fraction of sp³-hybridized carbons (Fsp3) is 0.147. The third-order valence-corrected chi connectivity index (χ3v) is 4.77. The van der Waals surface area contributed by atoms with Crippen LogP contribution >= 0.6 is 0 Å². The summed E-state index contributed by atoms with van der Waals surface area (Å²) in [6.45, 7) is 25.7. The Balaban J connectivity index is 0.000000619. The van der Waals surface area contributed by atoms with E-state index in [1.54, 1.807) is 18.2 Å². The molecule has 0 fully saturated rings. The molecule has 0 atom stereocenters. The summed E-state index contributed by atoms with van der Waals surface area (Å²) < 4.78 is 0. The minimum atomic E-state index is 0.628. The van der Waals surface area contributed by atoms with Crippen molar-refractivity contribution in [1.29, 1.82) is 5.26 Å². The fourth-order valence-corrected chi connectivity index (χ4v) is 3.11. The molecule has 3 aromatic rings. The van der Waals surface area contributed by atoms with Crippen molar-refractivity contribution >= 4 is 16.9 Å². The van der Waals surface area contributed by atoms with Crippen molar-refractivity contribution in [3.05, 3.63) is 151 Å². The molecule has 0 amide bonds. The number of nitrogens with one attached hydrogen (secondary N) is 2. The predicted octanol–water partition coefficient (Wildman–Crippen LogP) is 9.54. The van der Waals surface area contributed by atoms with E-state index >= 15 is 0 Å². The highest BCUT2D eigenvalue weighted by atomic mass is 14.9. The van der Waals surface area contributed by atoms with Crippen molar-refractivity contribution < 1.29 is 0 Å². The van der Waals surface area contributed by atoms with Crippen LogP contribution in [0.5, 0.6) is 0 Å². The number of hydrogen-bond donors (Lipinski definition) is 2. The predicted molar refractivity (Wildman–Crippen MR) is 166 cm³/mol. The minimum Gasteiger partial charge on any atom is -0.388 e. The summed E-state index contributed by atoms with van der Waals surface area (Å²) in [4.78, 5) is 0. The third kappa shape index (κ3) is 12.1. The van der Waals surface area contributed by atoms with Gasteiger partial charge in [0.25, 0.3) is 0 Å². The van der Waals surface area contributed by atoms with Crippen LogP contribution in [0.25, 0.3) is 5.57 Å². The highest BCUT2D eigenvalue weighted by molar-refractivity contribution is 5.79. The Morgan fingerprint density at radius 3 is 1.97 bits per heavy atom. The Morgan fingerprint density at radius 1 is 0.865 bits per heavy atom. The number of rotatable bonds is 7. The molecule has 3 rings (SSSR count). The summed E-state index contributed by atoms with van der Waals surface area (Å²) in [5.74, 6) is 0. The molecule has 192 valence electrons. The Morgan fingerprint density at radius 2 is 1.43 bits per heavy atom. The molecule has 37 heavy (non-hydrogen) atoms. The van der Waals surface area contributed by atoms with Crippen LogP contribution in [0.3, 0.4) is 0 Å². The van der Waals surface area contributed by atoms with Gasteiger partial charge < -0.3 is 10.6 Å². The van der Waals surface area contributed by atoms with Crippen molar-refractivity contribution in [2.24, 2.45) is 0 Å². The van der Waals surface area contributed by atoms with Gasteiger partial charge in [0.15, 0.2) is 0 Å². The number of allylic oxidation sites excluding steroid dienone is 3. The first kappa shape index (κ1) is 32.5. The molecule has 0 radical (unpaired) electrons. The van der Waals surface area contributed by atoms with E-state index < -0.39 is 0 Å². The van der Waals surface area contributed by atoms with Crippen LogP contribution in [-0.4, -0.2) is 7.05 Å². The second kappa shape index (κ2) is 18.7. The quantitative estimate of drug-likeness (QED) is 0.255. The average Bonchev–Trinajstić information content (AvgIpc) is 2.94. The maximum Gasteiger partial charge on any atom is 0.0992 e. The standard InChI is InChI=1S/C16H17N.C14H14N2.C2H6.C2H4/c1-12-6-4-7-14(10-12)13(2)15-8-5-9-16(11-15)17-3;1-4-13(8-11(2)3)16-14-7-5-6-12(9-14)10-15;2*1-2/h4-11,17H,2H2,1,3H3;4-9,16H,1-2H2,3H3;1-2H3;1-2H2/b;13-8-;;. The Kier molecular flexibility index (Phi) is 16.4. The molecule has 3 nitrogen and oxygen atoms in total. The van der Waals surface area contributed by atoms with E-state index in [2.05, 4.69) is 92.9 Å². The normalized spacial score (nSPS) is 9.35. The van der Waals surface area contributed by atoms with E-state index in [9.17, 15) is 0 Å². The zero-order valence-corrected chi connectivity index (χ0v) is 23.1. The summed E-state index contributed by atoms with van der Waals surface area (Å²) in [6, 6.07) is 26.1. The molecule has 0 aliphatic rings. The van der Waals surface area contributed by atoms with Crippen molar-refractivity contribution in [3.63, 3.8) is 0 Å². The van der Waals surface area contributed by atoms with Crippen LogP contribution in [0.15, 0.2) is 129 Å². The molecule has 0 heterocycles. The van der Waals surface area contributed by atoms with Gasteiger partial charge in [-0.05, 0) is 73.0 Å². The van der Waals surface area contributed by atoms with Crippen LogP contribution in [0.4, 0.5) is 11.4 Å². The Hall–Kier alpha value is -4.55. The number of nitrogens with zero attached hydrogens (tertiary/aromatic N) is 1. The van der Waals surface area contributed by atoms with Crippen LogP contribution in [-0.2, 0) is 0 Å². The van der Waals surface area contributed by atoms with Crippen LogP contribution in [0.1, 0.15) is 43.0 Å². The maximum absolute atomic E-state index is 8.77. The molecule has 0 aromatic heterocycles. The van der Waals surface area contributed by atoms with Gasteiger partial charge in [-0.15, -0.1) is 13.2 Å². The van der Waals surface area contributed by atoms with E-state index in [4.69, 9.17) is 5.26 Å². The smallest absolute Gasteiger partial charge is 0.0992 e. The van der Waals surface area contributed by atoms with Gasteiger partial charge in [-0.3, -0.25) is 0 Å². The fourth-order valence-electron chi connectivity index (χ4n) is 3.11. The second-order valence-electron chi connectivity index (χ2n) is 7.65. The van der Waals surface area contributed by atoms with Gasteiger partial charge in [0.05, 0.1) is 11.6 Å². The molecule has 2 N–H and O–H groups in total. The van der Waals surface area contributed by atoms with E-state index in [1.165, 1.54) is 11.1 Å². The number of hydrogen-bond acceptors (Lipinski definition) is 3. The van der Waals surface area contributed by atoms with Crippen LogP contribution < -0.4 is 10.6 Å². The first-order chi connectivity index (χ1) is 17.9. The van der Waals surface area contributed by atoms with Gasteiger partial charge in [0.1, 0.15) is 0 Å². The van der Waals surface area contributed by atoms with E-state index in [0.29, 0.717) is 5.56 Å². The largest absolute Gasteiger partial charge is 0.388 e. The molecule has 0 aliphatic heterocycles. The van der Waals surface area contributed by atoms with E-state index in [-0.39, 0.29) is 0 Å². The minimum absolute atomic E-state index is 0.628. The zero-order valence-electron chi connectivity index (χ0n) is 23.1. The lowest BCUT2D eigenvalue weighted by atomic mass is 9.98. The highest BCUT2D eigenvalue weighted by Crippen LogP contribution is 2.24. The molecular formula is C34H41N3. The molecule has 0 aliphatic carbocycles. The van der Waals surface area contributed by atoms with Gasteiger partial charge in [-0.1, -0.05) is 87.2 Å². The van der Waals surface area contributed by atoms with Gasteiger partial charge in [-0.2, -0.15) is 5.26 Å². The first-order valence-electron chi connectivity index (χ1n) is 12.2. The van der Waals surface area contributed by atoms with Crippen molar-refractivity contribution in [3.8, 4) is 6.07 Å². The SMILES string of the molecule is C=C.C=C(c1cccc(C)c1)c1cccc(NC)c1.C=C/C(=C/C(=C)C)Nc1cccc(C#N)c1.CC. The lowest BCUT2D eigenvalue weighted by molar-refractivity contribution is 1.42. The molecule has 0 saturated heterocycles. The van der Waals surface area contributed by atoms with Crippen molar-refractivity contribution in [2.75, 3.05) is 17.7 Å². The highest BCUT2D eigenvalue weighted by Gasteiger charge is 2.03. The number of anilines is 2. The summed E-state index contributed by atoms with van der Waals surface area (Å²) >= 11 is 0. The molecule has 0 unspecified atom stereocenters. The van der Waals surface area contributed by atoms with Crippen LogP contribution in [0.2, 0.25) is 0 Å². The second-order valence-corrected chi connectivity index (χ2v) is 7.65. The summed E-state index contributed by atoms with van der Waals surface area (Å²) in [6.07, 6.45) is 3.61. The van der Waals surface area contributed by atoms with Gasteiger partial charge in [0, 0.05) is 24.1 Å². The molecular weight excluding hydrogens is 450 g/mol. The molecule has 3 heteroatoms. The average molecular weight is 492 g/mol. The topological polar surface area (TPSA) is 47.8 Å². The van der Waals surface area contributed by atoms with Gasteiger partial charge in [-0.25, -0.2) is 0 Å². The zero-order chi connectivity index (χ0) is 28.2. The monoisotopic (exact) mass is 491 g/mol. The molecule has 0 saturated carbocycles. The van der Waals surface area contributed by atoms with Gasteiger partial charge >= 0.3 is 0 Å². The molecule has 0 bridgehead atoms. The van der Waals surface area contributed by atoms with Crippen LogP contribution in [0, 0.1) is 18.3 Å². The molecule has 0 spiro atoms. The van der Waals surface area contributed by atoms with Crippen molar-refractivity contribution in [1.82, 2.24) is 0 Å². The van der Waals surface area contributed by atoms with E-state index in [1.807, 2.05) is 58.2 Å². The third-order valence-electron chi connectivity index (χ3n) is 4.77. The Bertz CT molecular complexity index is 1230. The summed E-state index contributed by atoms with van der Waals surface area (Å²) in [7, 11) is 1.93. The number of nitriles is 1. The summed E-state index contributed by atoms with van der Waals surface area (Å²) in [5, 5.41) is 15.1. The Labute approximate surface area is 224 Å².